The van der Waals surface area contributed by atoms with Crippen LogP contribution in [0.4, 0.5) is 0 Å². The fourth-order valence-corrected chi connectivity index (χ4v) is 8.46. The van der Waals surface area contributed by atoms with Gasteiger partial charge in [-0.05, 0) is 86.7 Å². The lowest BCUT2D eigenvalue weighted by Crippen LogP contribution is -2.56. The monoisotopic (exact) mass is 418 g/mol. The Hall–Kier alpha value is -0.453. The first kappa shape index (κ1) is 21.8. The minimum atomic E-state index is -1.76. The molecule has 4 rings (SSSR count). The molecule has 0 amide bonds. The zero-order valence-corrected chi connectivity index (χ0v) is 20.7. The van der Waals surface area contributed by atoms with E-state index >= 15 is 0 Å². The van der Waals surface area contributed by atoms with Crippen LogP contribution in [0.1, 0.15) is 79.6 Å². The molecule has 0 radical (unpaired) electrons. The summed E-state index contributed by atoms with van der Waals surface area (Å²) in [5.41, 5.74) is 1.25. The van der Waals surface area contributed by atoms with Crippen LogP contribution in [0, 0.1) is 28.6 Å². The Morgan fingerprint density at radius 3 is 2.52 bits per heavy atom. The van der Waals surface area contributed by atoms with E-state index in [4.69, 9.17) is 4.43 Å². The number of carbonyl (C=O) groups is 1. The summed E-state index contributed by atoms with van der Waals surface area (Å²) in [6, 6.07) is 0. The van der Waals surface area contributed by atoms with Gasteiger partial charge in [0.15, 0.2) is 8.32 Å². The lowest BCUT2D eigenvalue weighted by atomic mass is 9.47. The van der Waals surface area contributed by atoms with E-state index in [1.165, 1.54) is 0 Å². The van der Waals surface area contributed by atoms with Gasteiger partial charge in [-0.1, -0.05) is 39.3 Å². The molecule has 4 aliphatic carbocycles. The summed E-state index contributed by atoms with van der Waals surface area (Å²) in [7, 11) is -1.76. The average Bonchev–Trinajstić information content (AvgIpc) is 2.92. The summed E-state index contributed by atoms with van der Waals surface area (Å²) in [6.07, 6.45) is 9.25. The Labute approximate surface area is 178 Å². The summed E-state index contributed by atoms with van der Waals surface area (Å²) >= 11 is 0. The maximum atomic E-state index is 12.6. The standard InChI is InChI=1S/C25H42O3Si/c1-23(2,3)29(6,7)28-17-12-13-24(4)16(14-17)8-9-18-19-10-11-21(26)25(19,5)22(27)15-20(18)24/h8,17-20,22,27H,9-15H2,1-7H3/t17-,18-,19-,20-,22+,24-,25-/m0/s1. The fourth-order valence-electron chi connectivity index (χ4n) is 7.07. The summed E-state index contributed by atoms with van der Waals surface area (Å²) in [5, 5.41) is 11.3. The average molecular weight is 419 g/mol. The first-order chi connectivity index (χ1) is 13.3. The highest BCUT2D eigenvalue weighted by atomic mass is 28.4. The van der Waals surface area contributed by atoms with Crippen molar-refractivity contribution in [2.75, 3.05) is 0 Å². The predicted octanol–water partition coefficient (Wildman–Crippen LogP) is 5.88. The second-order valence-electron chi connectivity index (χ2n) is 12.5. The Morgan fingerprint density at radius 2 is 1.86 bits per heavy atom. The Morgan fingerprint density at radius 1 is 1.17 bits per heavy atom. The van der Waals surface area contributed by atoms with Crippen LogP contribution in [-0.2, 0) is 9.22 Å². The number of Topliss-reactive ketones (excluding diaryl/α,β-unsaturated/α-hetero) is 1. The molecule has 3 nitrogen and oxygen atoms in total. The van der Waals surface area contributed by atoms with Gasteiger partial charge in [0.2, 0.25) is 0 Å². The molecule has 0 bridgehead atoms. The van der Waals surface area contributed by atoms with Crippen LogP contribution in [0.15, 0.2) is 11.6 Å². The van der Waals surface area contributed by atoms with Crippen molar-refractivity contribution in [3.63, 3.8) is 0 Å². The SMILES string of the molecule is CC(C)(C)[Si](C)(C)O[C@H]1CC[C@@]2(C)C(=CC[C@H]3[C@@H]4CCC(=O)[C@@]4(C)[C@H](O)C[C@@H]32)C1. The molecule has 29 heavy (non-hydrogen) atoms. The van der Waals surface area contributed by atoms with Gasteiger partial charge in [0.1, 0.15) is 5.78 Å². The summed E-state index contributed by atoms with van der Waals surface area (Å²) in [6.45, 7) is 16.2. The van der Waals surface area contributed by atoms with Crippen molar-refractivity contribution in [2.45, 2.75) is 110 Å². The summed E-state index contributed by atoms with van der Waals surface area (Å²) in [5.74, 6) is 1.73. The van der Waals surface area contributed by atoms with Gasteiger partial charge in [0, 0.05) is 12.5 Å². The summed E-state index contributed by atoms with van der Waals surface area (Å²) in [4.78, 5) is 12.6. The minimum Gasteiger partial charge on any atom is -0.414 e. The maximum absolute atomic E-state index is 12.6. The van der Waals surface area contributed by atoms with Gasteiger partial charge in [-0.25, -0.2) is 0 Å². The van der Waals surface area contributed by atoms with Crippen molar-refractivity contribution in [3.8, 4) is 0 Å². The molecule has 164 valence electrons. The first-order valence-corrected chi connectivity index (χ1v) is 14.8. The molecule has 3 fully saturated rings. The number of aliphatic hydroxyl groups is 1. The molecule has 0 aromatic carbocycles. The van der Waals surface area contributed by atoms with Gasteiger partial charge in [-0.15, -0.1) is 0 Å². The van der Waals surface area contributed by atoms with E-state index in [2.05, 4.69) is 53.8 Å². The van der Waals surface area contributed by atoms with Crippen molar-refractivity contribution in [2.24, 2.45) is 28.6 Å². The molecule has 0 spiro atoms. The normalized spacial score (nSPS) is 45.3. The minimum absolute atomic E-state index is 0.171. The van der Waals surface area contributed by atoms with Crippen LogP contribution in [-0.4, -0.2) is 31.4 Å². The molecular formula is C25H42O3Si. The smallest absolute Gasteiger partial charge is 0.192 e. The van der Waals surface area contributed by atoms with E-state index in [-0.39, 0.29) is 10.5 Å². The van der Waals surface area contributed by atoms with Crippen LogP contribution in [0.2, 0.25) is 18.1 Å². The first-order valence-electron chi connectivity index (χ1n) is 11.9. The van der Waals surface area contributed by atoms with Gasteiger partial charge in [0.05, 0.1) is 11.5 Å². The van der Waals surface area contributed by atoms with E-state index in [1.807, 2.05) is 0 Å². The Kier molecular flexibility index (Phi) is 5.08. The molecular weight excluding hydrogens is 376 g/mol. The van der Waals surface area contributed by atoms with Crippen LogP contribution < -0.4 is 0 Å². The largest absolute Gasteiger partial charge is 0.414 e. The second-order valence-corrected chi connectivity index (χ2v) is 17.3. The zero-order chi connectivity index (χ0) is 21.4. The molecule has 7 atom stereocenters. The zero-order valence-electron chi connectivity index (χ0n) is 19.7. The van der Waals surface area contributed by atoms with Gasteiger partial charge < -0.3 is 9.53 Å². The van der Waals surface area contributed by atoms with Crippen molar-refractivity contribution in [1.82, 2.24) is 0 Å². The maximum Gasteiger partial charge on any atom is 0.192 e. The van der Waals surface area contributed by atoms with E-state index < -0.39 is 19.8 Å². The number of ketones is 1. The number of hydrogen-bond acceptors (Lipinski definition) is 3. The number of allylic oxidation sites excluding steroid dienone is 1. The van der Waals surface area contributed by atoms with Crippen molar-refractivity contribution in [1.29, 1.82) is 0 Å². The predicted molar refractivity (Wildman–Crippen MR) is 120 cm³/mol. The van der Waals surface area contributed by atoms with Crippen molar-refractivity contribution >= 4 is 14.1 Å². The fraction of sp³-hybridized carbons (Fsp3) is 0.880. The molecule has 1 N–H and O–H groups in total. The number of hydrogen-bond donors (Lipinski definition) is 1. The van der Waals surface area contributed by atoms with Gasteiger partial charge in [-0.2, -0.15) is 0 Å². The summed E-state index contributed by atoms with van der Waals surface area (Å²) < 4.78 is 6.80. The molecule has 0 aromatic rings. The quantitative estimate of drug-likeness (QED) is 0.450. The number of carbonyl (C=O) groups excluding carboxylic acids is 1. The molecule has 4 aliphatic rings. The molecule has 0 heterocycles. The van der Waals surface area contributed by atoms with Crippen molar-refractivity contribution in [3.05, 3.63) is 11.6 Å². The Balaban J connectivity index is 1.56. The van der Waals surface area contributed by atoms with Crippen LogP contribution >= 0.6 is 0 Å². The number of fused-ring (bicyclic) bond motifs is 5. The lowest BCUT2D eigenvalue weighted by Gasteiger charge is -2.58. The number of aliphatic hydroxyl groups excluding tert-OH is 1. The molecule has 4 heteroatoms. The van der Waals surface area contributed by atoms with Gasteiger partial charge in [0.25, 0.3) is 0 Å². The topological polar surface area (TPSA) is 46.5 Å². The van der Waals surface area contributed by atoms with Crippen LogP contribution in [0.5, 0.6) is 0 Å². The highest BCUT2D eigenvalue weighted by Crippen LogP contribution is 2.64. The van der Waals surface area contributed by atoms with Crippen LogP contribution in [0.25, 0.3) is 0 Å². The van der Waals surface area contributed by atoms with Crippen LogP contribution in [0.3, 0.4) is 0 Å². The molecule has 0 aromatic heterocycles. The third-order valence-electron chi connectivity index (χ3n) is 10.1. The highest BCUT2D eigenvalue weighted by molar-refractivity contribution is 6.74. The second kappa shape index (κ2) is 6.77. The highest BCUT2D eigenvalue weighted by Gasteiger charge is 2.62. The van der Waals surface area contributed by atoms with Gasteiger partial charge >= 0.3 is 0 Å². The van der Waals surface area contributed by atoms with Crippen molar-refractivity contribution < 1.29 is 14.3 Å². The Bertz CT molecular complexity index is 720. The van der Waals surface area contributed by atoms with E-state index in [1.54, 1.807) is 5.57 Å². The third kappa shape index (κ3) is 3.15. The van der Waals surface area contributed by atoms with E-state index in [0.717, 1.165) is 38.5 Å². The lowest BCUT2D eigenvalue weighted by molar-refractivity contribution is -0.149. The van der Waals surface area contributed by atoms with Gasteiger partial charge in [-0.3, -0.25) is 4.79 Å². The molecule has 0 unspecified atom stereocenters. The molecule has 0 saturated heterocycles. The van der Waals surface area contributed by atoms with E-state index in [0.29, 0.717) is 36.1 Å². The third-order valence-corrected chi connectivity index (χ3v) is 14.7. The molecule has 0 aliphatic heterocycles. The number of rotatable bonds is 2. The van der Waals surface area contributed by atoms with E-state index in [9.17, 15) is 9.90 Å². The molecule has 3 saturated carbocycles.